The summed E-state index contributed by atoms with van der Waals surface area (Å²) in [7, 11) is 1.00. The van der Waals surface area contributed by atoms with Crippen LogP contribution in [0.2, 0.25) is 5.02 Å². The van der Waals surface area contributed by atoms with Crippen LogP contribution in [0.25, 0.3) is 0 Å². The van der Waals surface area contributed by atoms with E-state index in [2.05, 4.69) is 15.9 Å². The molecule has 0 amide bonds. The molecule has 0 unspecified atom stereocenters. The lowest BCUT2D eigenvalue weighted by Gasteiger charge is -2.06. The summed E-state index contributed by atoms with van der Waals surface area (Å²) in [6.07, 6.45) is 0. The van der Waals surface area contributed by atoms with Crippen molar-refractivity contribution in [3.8, 4) is 5.75 Å². The van der Waals surface area contributed by atoms with E-state index in [9.17, 15) is 4.79 Å². The van der Waals surface area contributed by atoms with Crippen molar-refractivity contribution in [1.29, 1.82) is 0 Å². The molecular formula is C16H16BrClO3. The van der Waals surface area contributed by atoms with Gasteiger partial charge in [0.25, 0.3) is 0 Å². The second-order valence-corrected chi connectivity index (χ2v) is 5.23. The van der Waals surface area contributed by atoms with Gasteiger partial charge in [-0.05, 0) is 49.4 Å². The molecule has 2 rings (SSSR count). The highest BCUT2D eigenvalue weighted by atomic mass is 79.9. The highest BCUT2D eigenvalue weighted by Gasteiger charge is 2.13. The minimum Gasteiger partial charge on any atom is -0.494 e. The predicted molar refractivity (Wildman–Crippen MR) is 88.3 cm³/mol. The van der Waals surface area contributed by atoms with Crippen molar-refractivity contribution in [3.05, 3.63) is 63.1 Å². The predicted octanol–water partition coefficient (Wildman–Crippen LogP) is 4.34. The molecule has 3 nitrogen and oxygen atoms in total. The van der Waals surface area contributed by atoms with Gasteiger partial charge in [-0.3, -0.25) is 4.79 Å². The molecule has 0 saturated heterocycles. The lowest BCUT2D eigenvalue weighted by atomic mass is 10.0. The SMILES string of the molecule is CCOc1ccc(C(=O)c2cc(Br)ccc2Cl)cc1.CO. The maximum atomic E-state index is 12.3. The van der Waals surface area contributed by atoms with E-state index in [1.165, 1.54) is 0 Å². The number of carbonyl (C=O) groups is 1. The van der Waals surface area contributed by atoms with Crippen LogP contribution in [-0.4, -0.2) is 24.6 Å². The van der Waals surface area contributed by atoms with Gasteiger partial charge in [-0.2, -0.15) is 0 Å². The van der Waals surface area contributed by atoms with Gasteiger partial charge in [0.1, 0.15) is 5.75 Å². The standard InChI is InChI=1S/C15H12BrClO2.CH4O/c1-2-19-12-6-3-10(4-7-12)15(18)13-9-11(16)5-8-14(13)17;1-2/h3-9H,2H2,1H3;2H,1H3. The lowest BCUT2D eigenvalue weighted by Crippen LogP contribution is -2.02. The largest absolute Gasteiger partial charge is 0.494 e. The number of carbonyl (C=O) groups excluding carboxylic acids is 1. The first-order valence-corrected chi connectivity index (χ1v) is 7.46. The van der Waals surface area contributed by atoms with E-state index in [1.807, 2.05) is 6.92 Å². The summed E-state index contributed by atoms with van der Waals surface area (Å²) in [5.41, 5.74) is 1.07. The Morgan fingerprint density at radius 3 is 2.38 bits per heavy atom. The van der Waals surface area contributed by atoms with Crippen molar-refractivity contribution in [2.75, 3.05) is 13.7 Å². The Bertz CT molecular complexity index is 597. The summed E-state index contributed by atoms with van der Waals surface area (Å²) in [6, 6.07) is 12.3. The van der Waals surface area contributed by atoms with Crippen molar-refractivity contribution in [1.82, 2.24) is 0 Å². The molecule has 0 aliphatic heterocycles. The molecular weight excluding hydrogens is 356 g/mol. The smallest absolute Gasteiger partial charge is 0.194 e. The molecule has 0 atom stereocenters. The maximum absolute atomic E-state index is 12.3. The molecule has 0 bridgehead atoms. The molecule has 0 aliphatic rings. The van der Waals surface area contributed by atoms with Gasteiger partial charge < -0.3 is 9.84 Å². The highest BCUT2D eigenvalue weighted by Crippen LogP contribution is 2.24. The Morgan fingerprint density at radius 2 is 1.81 bits per heavy atom. The summed E-state index contributed by atoms with van der Waals surface area (Å²) in [6.45, 7) is 2.52. The molecule has 0 fully saturated rings. The normalized spacial score (nSPS) is 9.57. The Hall–Kier alpha value is -1.36. The fraction of sp³-hybridized carbons (Fsp3) is 0.188. The average Bonchev–Trinajstić information content (AvgIpc) is 2.52. The summed E-state index contributed by atoms with van der Waals surface area (Å²) in [5, 5.41) is 7.45. The number of ketones is 1. The van der Waals surface area contributed by atoms with Crippen molar-refractivity contribution in [2.24, 2.45) is 0 Å². The van der Waals surface area contributed by atoms with Gasteiger partial charge in [0.05, 0.1) is 11.6 Å². The van der Waals surface area contributed by atoms with Crippen LogP contribution < -0.4 is 4.74 Å². The number of aliphatic hydroxyl groups excluding tert-OH is 1. The van der Waals surface area contributed by atoms with Gasteiger partial charge in [-0.1, -0.05) is 27.5 Å². The van der Waals surface area contributed by atoms with Crippen LogP contribution in [0.5, 0.6) is 5.75 Å². The number of benzene rings is 2. The van der Waals surface area contributed by atoms with E-state index in [0.717, 1.165) is 17.3 Å². The monoisotopic (exact) mass is 370 g/mol. The first-order valence-electron chi connectivity index (χ1n) is 6.29. The zero-order chi connectivity index (χ0) is 15.8. The van der Waals surface area contributed by atoms with Crippen molar-refractivity contribution in [2.45, 2.75) is 6.92 Å². The molecule has 2 aromatic rings. The molecule has 0 spiro atoms. The summed E-state index contributed by atoms with van der Waals surface area (Å²) in [5.74, 6) is 0.647. The van der Waals surface area contributed by atoms with Crippen LogP contribution in [0.1, 0.15) is 22.8 Å². The van der Waals surface area contributed by atoms with Gasteiger partial charge in [-0.15, -0.1) is 0 Å². The van der Waals surface area contributed by atoms with Gasteiger partial charge in [0.15, 0.2) is 5.78 Å². The average molecular weight is 372 g/mol. The van der Waals surface area contributed by atoms with E-state index in [1.54, 1.807) is 42.5 Å². The Kier molecular flexibility index (Phi) is 7.43. The number of halogens is 2. The quantitative estimate of drug-likeness (QED) is 0.813. The first kappa shape index (κ1) is 17.7. The van der Waals surface area contributed by atoms with Crippen LogP contribution in [0.3, 0.4) is 0 Å². The van der Waals surface area contributed by atoms with Gasteiger partial charge in [0.2, 0.25) is 0 Å². The fourth-order valence-corrected chi connectivity index (χ4v) is 2.26. The highest BCUT2D eigenvalue weighted by molar-refractivity contribution is 9.10. The fourth-order valence-electron chi connectivity index (χ4n) is 1.70. The van der Waals surface area contributed by atoms with Crippen molar-refractivity contribution >= 4 is 33.3 Å². The third-order valence-corrected chi connectivity index (χ3v) is 3.42. The Morgan fingerprint density at radius 1 is 1.19 bits per heavy atom. The lowest BCUT2D eigenvalue weighted by molar-refractivity contribution is 0.103. The summed E-state index contributed by atoms with van der Waals surface area (Å²) in [4.78, 5) is 12.3. The van der Waals surface area contributed by atoms with E-state index < -0.39 is 0 Å². The van der Waals surface area contributed by atoms with Crippen LogP contribution in [0, 0.1) is 0 Å². The van der Waals surface area contributed by atoms with Gasteiger partial charge >= 0.3 is 0 Å². The molecule has 21 heavy (non-hydrogen) atoms. The molecule has 112 valence electrons. The van der Waals surface area contributed by atoms with Crippen molar-refractivity contribution < 1.29 is 14.6 Å². The van der Waals surface area contributed by atoms with Crippen molar-refractivity contribution in [3.63, 3.8) is 0 Å². The van der Waals surface area contributed by atoms with Crippen LogP contribution in [-0.2, 0) is 0 Å². The number of ether oxygens (including phenoxy) is 1. The van der Waals surface area contributed by atoms with E-state index in [4.69, 9.17) is 21.4 Å². The van der Waals surface area contributed by atoms with E-state index >= 15 is 0 Å². The van der Waals surface area contributed by atoms with Crippen LogP contribution >= 0.6 is 27.5 Å². The maximum Gasteiger partial charge on any atom is 0.194 e. The molecule has 1 N–H and O–H groups in total. The minimum atomic E-state index is -0.102. The Balaban J connectivity index is 0.00000106. The van der Waals surface area contributed by atoms with Gasteiger partial charge in [-0.25, -0.2) is 0 Å². The molecule has 0 aromatic heterocycles. The van der Waals surface area contributed by atoms with E-state index in [-0.39, 0.29) is 5.78 Å². The molecule has 0 saturated carbocycles. The first-order chi connectivity index (χ1) is 10.1. The zero-order valence-corrected chi connectivity index (χ0v) is 14.1. The Labute approximate surface area is 137 Å². The summed E-state index contributed by atoms with van der Waals surface area (Å²) >= 11 is 9.39. The summed E-state index contributed by atoms with van der Waals surface area (Å²) < 4.78 is 6.17. The minimum absolute atomic E-state index is 0.102. The van der Waals surface area contributed by atoms with Gasteiger partial charge in [0, 0.05) is 22.7 Å². The third-order valence-electron chi connectivity index (χ3n) is 2.60. The second kappa shape index (κ2) is 8.82. The number of aliphatic hydroxyl groups is 1. The van der Waals surface area contributed by atoms with E-state index in [0.29, 0.717) is 22.8 Å². The molecule has 0 aliphatic carbocycles. The number of hydrogen-bond acceptors (Lipinski definition) is 3. The zero-order valence-electron chi connectivity index (χ0n) is 11.8. The van der Waals surface area contributed by atoms with Crippen LogP contribution in [0.15, 0.2) is 46.9 Å². The molecule has 2 aromatic carbocycles. The molecule has 5 heteroatoms. The number of hydrogen-bond donors (Lipinski definition) is 1. The number of rotatable bonds is 4. The van der Waals surface area contributed by atoms with Crippen LogP contribution in [0.4, 0.5) is 0 Å². The second-order valence-electron chi connectivity index (χ2n) is 3.91. The third kappa shape index (κ3) is 4.84. The molecule has 0 heterocycles. The molecule has 0 radical (unpaired) electrons. The topological polar surface area (TPSA) is 46.5 Å².